The van der Waals surface area contributed by atoms with E-state index >= 15 is 0 Å². The number of ketones is 1. The standard InChI is InChI=1S/C17H17NO4/c1-2-6-16(19)14-9-10-17(15(11-14)18(20)21)22-12-13-7-4-3-5-8-13/h3-5,7-11H,2,6,12H2,1H3. The maximum Gasteiger partial charge on any atom is 0.311 e. The third kappa shape index (κ3) is 3.91. The van der Waals surface area contributed by atoms with E-state index in [2.05, 4.69) is 0 Å². The van der Waals surface area contributed by atoms with Crippen LogP contribution in [-0.2, 0) is 6.61 Å². The Morgan fingerprint density at radius 1 is 1.18 bits per heavy atom. The Labute approximate surface area is 128 Å². The number of carbonyl (C=O) groups excluding carboxylic acids is 1. The molecule has 0 amide bonds. The lowest BCUT2D eigenvalue weighted by Gasteiger charge is -2.08. The first-order chi connectivity index (χ1) is 10.6. The molecule has 2 aromatic rings. The number of nitro groups is 1. The van der Waals surface area contributed by atoms with Gasteiger partial charge in [0, 0.05) is 18.1 Å². The molecule has 0 bridgehead atoms. The summed E-state index contributed by atoms with van der Waals surface area (Å²) in [5.74, 6) is 0.0714. The molecule has 2 rings (SSSR count). The van der Waals surface area contributed by atoms with Crippen LogP contribution in [0.5, 0.6) is 5.75 Å². The van der Waals surface area contributed by atoms with Crippen LogP contribution in [-0.4, -0.2) is 10.7 Å². The zero-order valence-electron chi connectivity index (χ0n) is 12.3. The highest BCUT2D eigenvalue weighted by Crippen LogP contribution is 2.29. The van der Waals surface area contributed by atoms with Gasteiger partial charge < -0.3 is 4.74 Å². The van der Waals surface area contributed by atoms with Crippen LogP contribution in [0.1, 0.15) is 35.7 Å². The summed E-state index contributed by atoms with van der Waals surface area (Å²) in [5, 5.41) is 11.2. The molecule has 5 heteroatoms. The first-order valence-corrected chi connectivity index (χ1v) is 7.10. The van der Waals surface area contributed by atoms with E-state index < -0.39 is 4.92 Å². The SMILES string of the molecule is CCCC(=O)c1ccc(OCc2ccccc2)c([N+](=O)[O-])c1. The maximum absolute atomic E-state index is 11.8. The highest BCUT2D eigenvalue weighted by Gasteiger charge is 2.18. The van der Waals surface area contributed by atoms with Crippen LogP contribution in [0.15, 0.2) is 48.5 Å². The second-order valence-corrected chi connectivity index (χ2v) is 4.89. The van der Waals surface area contributed by atoms with Crippen LogP contribution in [0.4, 0.5) is 5.69 Å². The number of carbonyl (C=O) groups is 1. The van der Waals surface area contributed by atoms with Crippen LogP contribution in [0.3, 0.4) is 0 Å². The molecule has 0 N–H and O–H groups in total. The van der Waals surface area contributed by atoms with Crippen LogP contribution >= 0.6 is 0 Å². The zero-order valence-corrected chi connectivity index (χ0v) is 12.3. The Morgan fingerprint density at radius 3 is 2.55 bits per heavy atom. The monoisotopic (exact) mass is 299 g/mol. The van der Waals surface area contributed by atoms with Crippen molar-refractivity contribution in [3.8, 4) is 5.75 Å². The second kappa shape index (κ2) is 7.36. The minimum absolute atomic E-state index is 0.0970. The fourth-order valence-electron chi connectivity index (χ4n) is 2.06. The molecule has 0 aliphatic rings. The van der Waals surface area contributed by atoms with Crippen molar-refractivity contribution in [2.75, 3.05) is 0 Å². The van der Waals surface area contributed by atoms with Gasteiger partial charge in [0.15, 0.2) is 11.5 Å². The number of benzene rings is 2. The van der Waals surface area contributed by atoms with E-state index in [-0.39, 0.29) is 23.8 Å². The van der Waals surface area contributed by atoms with Crippen LogP contribution in [0.25, 0.3) is 0 Å². The van der Waals surface area contributed by atoms with Crippen molar-refractivity contribution in [3.63, 3.8) is 0 Å². The van der Waals surface area contributed by atoms with Crippen molar-refractivity contribution in [2.24, 2.45) is 0 Å². The van der Waals surface area contributed by atoms with Crippen molar-refractivity contribution < 1.29 is 14.5 Å². The lowest BCUT2D eigenvalue weighted by atomic mass is 10.1. The van der Waals surface area contributed by atoms with E-state index in [1.54, 1.807) is 6.07 Å². The van der Waals surface area contributed by atoms with E-state index in [1.807, 2.05) is 37.3 Å². The van der Waals surface area contributed by atoms with Gasteiger partial charge in [0.2, 0.25) is 0 Å². The molecule has 0 unspecified atom stereocenters. The van der Waals surface area contributed by atoms with E-state index in [0.717, 1.165) is 5.56 Å². The summed E-state index contributed by atoms with van der Waals surface area (Å²) in [6.45, 7) is 2.13. The number of rotatable bonds is 7. The summed E-state index contributed by atoms with van der Waals surface area (Å²) in [5.41, 5.74) is 1.08. The largest absolute Gasteiger partial charge is 0.482 e. The molecular formula is C17H17NO4. The topological polar surface area (TPSA) is 69.4 Å². The molecule has 0 spiro atoms. The minimum Gasteiger partial charge on any atom is -0.482 e. The molecule has 114 valence electrons. The van der Waals surface area contributed by atoms with Crippen molar-refractivity contribution in [1.82, 2.24) is 0 Å². The third-order valence-electron chi connectivity index (χ3n) is 3.19. The zero-order chi connectivity index (χ0) is 15.9. The Kier molecular flexibility index (Phi) is 5.25. The van der Waals surface area contributed by atoms with Crippen molar-refractivity contribution in [3.05, 3.63) is 69.8 Å². The summed E-state index contributed by atoms with van der Waals surface area (Å²) < 4.78 is 5.53. The van der Waals surface area contributed by atoms with Crippen molar-refractivity contribution >= 4 is 11.5 Å². The Bertz CT molecular complexity index is 668. The fourth-order valence-corrected chi connectivity index (χ4v) is 2.06. The number of nitro benzene ring substituents is 1. The molecule has 0 fully saturated rings. The average Bonchev–Trinajstić information content (AvgIpc) is 2.54. The summed E-state index contributed by atoms with van der Waals surface area (Å²) in [7, 11) is 0. The van der Waals surface area contributed by atoms with Gasteiger partial charge >= 0.3 is 5.69 Å². The number of hydrogen-bond donors (Lipinski definition) is 0. The Hall–Kier alpha value is -2.69. The minimum atomic E-state index is -0.525. The number of nitrogens with zero attached hydrogens (tertiary/aromatic N) is 1. The molecule has 0 aliphatic carbocycles. The van der Waals surface area contributed by atoms with E-state index in [9.17, 15) is 14.9 Å². The van der Waals surface area contributed by atoms with Gasteiger partial charge in [-0.2, -0.15) is 0 Å². The molecule has 0 atom stereocenters. The summed E-state index contributed by atoms with van der Waals surface area (Å²) in [6, 6.07) is 13.8. The molecule has 0 radical (unpaired) electrons. The fraction of sp³-hybridized carbons (Fsp3) is 0.235. The van der Waals surface area contributed by atoms with Gasteiger partial charge in [0.05, 0.1) is 4.92 Å². The van der Waals surface area contributed by atoms with Gasteiger partial charge in [-0.3, -0.25) is 14.9 Å². The van der Waals surface area contributed by atoms with Gasteiger partial charge in [-0.25, -0.2) is 0 Å². The molecule has 0 aliphatic heterocycles. The third-order valence-corrected chi connectivity index (χ3v) is 3.19. The maximum atomic E-state index is 11.8. The molecule has 2 aromatic carbocycles. The molecule has 5 nitrogen and oxygen atoms in total. The molecular weight excluding hydrogens is 282 g/mol. The Balaban J connectivity index is 2.20. The number of hydrogen-bond acceptors (Lipinski definition) is 4. The molecule has 22 heavy (non-hydrogen) atoms. The first kappa shape index (κ1) is 15.7. The van der Waals surface area contributed by atoms with Crippen LogP contribution < -0.4 is 4.74 Å². The highest BCUT2D eigenvalue weighted by atomic mass is 16.6. The van der Waals surface area contributed by atoms with E-state index in [1.165, 1.54) is 12.1 Å². The Morgan fingerprint density at radius 2 is 1.91 bits per heavy atom. The average molecular weight is 299 g/mol. The van der Waals surface area contributed by atoms with E-state index in [4.69, 9.17) is 4.74 Å². The number of Topliss-reactive ketones (excluding diaryl/α,β-unsaturated/α-hetero) is 1. The van der Waals surface area contributed by atoms with Gasteiger partial charge in [-0.05, 0) is 24.1 Å². The molecule has 0 saturated heterocycles. The molecule has 0 heterocycles. The summed E-state index contributed by atoms with van der Waals surface area (Å²) >= 11 is 0. The van der Waals surface area contributed by atoms with Gasteiger partial charge in [-0.15, -0.1) is 0 Å². The van der Waals surface area contributed by atoms with Gasteiger partial charge in [0.1, 0.15) is 6.61 Å². The predicted octanol–water partition coefficient (Wildman–Crippen LogP) is 4.16. The smallest absolute Gasteiger partial charge is 0.311 e. The highest BCUT2D eigenvalue weighted by molar-refractivity contribution is 5.96. The van der Waals surface area contributed by atoms with Crippen molar-refractivity contribution in [2.45, 2.75) is 26.4 Å². The molecule has 0 saturated carbocycles. The van der Waals surface area contributed by atoms with E-state index in [0.29, 0.717) is 18.4 Å². The molecule has 0 aromatic heterocycles. The van der Waals surface area contributed by atoms with Crippen LogP contribution in [0, 0.1) is 10.1 Å². The summed E-state index contributed by atoms with van der Waals surface area (Å²) in [6.07, 6.45) is 1.08. The van der Waals surface area contributed by atoms with Gasteiger partial charge in [-0.1, -0.05) is 37.3 Å². The summed E-state index contributed by atoms with van der Waals surface area (Å²) in [4.78, 5) is 22.5. The lowest BCUT2D eigenvalue weighted by molar-refractivity contribution is -0.386. The second-order valence-electron chi connectivity index (χ2n) is 4.89. The van der Waals surface area contributed by atoms with Crippen molar-refractivity contribution in [1.29, 1.82) is 0 Å². The first-order valence-electron chi connectivity index (χ1n) is 7.10. The van der Waals surface area contributed by atoms with Crippen LogP contribution in [0.2, 0.25) is 0 Å². The normalized spacial score (nSPS) is 10.2. The van der Waals surface area contributed by atoms with Gasteiger partial charge in [0.25, 0.3) is 0 Å². The quantitative estimate of drug-likeness (QED) is 0.437. The lowest BCUT2D eigenvalue weighted by Crippen LogP contribution is -2.03. The predicted molar refractivity (Wildman–Crippen MR) is 83.1 cm³/mol. The number of ether oxygens (including phenoxy) is 1.